The molecule has 0 aliphatic rings. The molecule has 4 rings (SSSR count). The smallest absolute Gasteiger partial charge is 0.226 e. The molecule has 0 bridgehead atoms. The summed E-state index contributed by atoms with van der Waals surface area (Å²) in [4.78, 5) is 25.3. The first-order valence-electron chi connectivity index (χ1n) is 8.69. The molecule has 2 heterocycles. The monoisotopic (exact) mass is 374 g/mol. The van der Waals surface area contributed by atoms with E-state index in [2.05, 4.69) is 50.6 Å². The molecule has 0 saturated carbocycles. The van der Waals surface area contributed by atoms with Crippen molar-refractivity contribution in [2.75, 3.05) is 0 Å². The Morgan fingerprint density at radius 3 is 2.67 bits per heavy atom. The average molecular weight is 374 g/mol. The minimum atomic E-state index is -0.0716. The van der Waals surface area contributed by atoms with E-state index in [1.807, 2.05) is 24.4 Å². The fraction of sp³-hybridized carbons (Fsp3) is 0.143. The third-order valence-corrected chi connectivity index (χ3v) is 5.19. The molecule has 0 radical (unpaired) electrons. The summed E-state index contributed by atoms with van der Waals surface area (Å²) in [5.74, 6) is 0.528. The molecule has 4 aromatic rings. The van der Waals surface area contributed by atoms with Gasteiger partial charge in [0, 0.05) is 17.8 Å². The van der Waals surface area contributed by atoms with Crippen LogP contribution in [0, 0.1) is 0 Å². The van der Waals surface area contributed by atoms with Gasteiger partial charge in [-0.05, 0) is 35.4 Å². The van der Waals surface area contributed by atoms with Gasteiger partial charge in [0.2, 0.25) is 5.91 Å². The number of fused-ring (bicyclic) bond motifs is 1. The van der Waals surface area contributed by atoms with Gasteiger partial charge in [-0.1, -0.05) is 36.4 Å². The highest BCUT2D eigenvalue weighted by atomic mass is 32.1. The Bertz CT molecular complexity index is 1080. The number of carbonyl (C=O) groups excluding carboxylic acids is 1. The van der Waals surface area contributed by atoms with Gasteiger partial charge >= 0.3 is 0 Å². The van der Waals surface area contributed by atoms with Crippen molar-refractivity contribution < 1.29 is 4.79 Å². The first kappa shape index (κ1) is 17.3. The molecular weight excluding hydrogens is 356 g/mol. The van der Waals surface area contributed by atoms with E-state index in [1.54, 1.807) is 18.5 Å². The summed E-state index contributed by atoms with van der Waals surface area (Å²) >= 11 is 1.45. The van der Waals surface area contributed by atoms with Gasteiger partial charge < -0.3 is 5.32 Å². The predicted octanol–water partition coefficient (Wildman–Crippen LogP) is 4.17. The number of thiazole rings is 1. The maximum absolute atomic E-state index is 12.4. The van der Waals surface area contributed by atoms with Crippen molar-refractivity contribution >= 4 is 28.0 Å². The zero-order valence-corrected chi connectivity index (χ0v) is 15.6. The molecular formula is C21H18N4OS. The highest BCUT2D eigenvalue weighted by Gasteiger charge is 2.13. The summed E-state index contributed by atoms with van der Waals surface area (Å²) < 4.78 is 0. The lowest BCUT2D eigenvalue weighted by Gasteiger charge is -2.14. The molecule has 1 unspecified atom stereocenters. The molecule has 0 fully saturated rings. The molecule has 0 saturated heterocycles. The van der Waals surface area contributed by atoms with Crippen LogP contribution in [0.2, 0.25) is 0 Å². The van der Waals surface area contributed by atoms with Gasteiger partial charge in [0.05, 0.1) is 18.2 Å². The van der Waals surface area contributed by atoms with E-state index in [-0.39, 0.29) is 18.4 Å². The number of hydrogen-bond acceptors (Lipinski definition) is 5. The highest BCUT2D eigenvalue weighted by Crippen LogP contribution is 2.22. The van der Waals surface area contributed by atoms with Crippen molar-refractivity contribution in [1.29, 1.82) is 0 Å². The van der Waals surface area contributed by atoms with Gasteiger partial charge in [-0.15, -0.1) is 11.3 Å². The molecule has 5 nitrogen and oxygen atoms in total. The maximum atomic E-state index is 12.4. The number of amides is 1. The molecule has 27 heavy (non-hydrogen) atoms. The van der Waals surface area contributed by atoms with Crippen molar-refractivity contribution in [3.05, 3.63) is 77.6 Å². The largest absolute Gasteiger partial charge is 0.349 e. The first-order valence-corrected chi connectivity index (χ1v) is 9.57. The van der Waals surface area contributed by atoms with E-state index in [0.29, 0.717) is 5.82 Å². The van der Waals surface area contributed by atoms with Crippen LogP contribution in [-0.4, -0.2) is 20.9 Å². The summed E-state index contributed by atoms with van der Waals surface area (Å²) in [6.07, 6.45) is 3.60. The summed E-state index contributed by atoms with van der Waals surface area (Å²) in [6, 6.07) is 16.2. The van der Waals surface area contributed by atoms with Crippen LogP contribution in [0.4, 0.5) is 0 Å². The fourth-order valence-corrected chi connectivity index (χ4v) is 3.68. The molecule has 6 heteroatoms. The number of hydrogen-bond donors (Lipinski definition) is 1. The second-order valence-electron chi connectivity index (χ2n) is 6.29. The molecule has 0 aliphatic carbocycles. The van der Waals surface area contributed by atoms with E-state index in [9.17, 15) is 4.79 Å². The van der Waals surface area contributed by atoms with Crippen molar-refractivity contribution in [2.24, 2.45) is 0 Å². The van der Waals surface area contributed by atoms with Crippen LogP contribution in [0.3, 0.4) is 0 Å². The van der Waals surface area contributed by atoms with Crippen LogP contribution in [0.25, 0.3) is 21.6 Å². The van der Waals surface area contributed by atoms with Gasteiger partial charge in [-0.25, -0.2) is 15.0 Å². The molecule has 1 atom stereocenters. The summed E-state index contributed by atoms with van der Waals surface area (Å²) in [5.41, 5.74) is 1.81. The van der Waals surface area contributed by atoms with Gasteiger partial charge in [-0.2, -0.15) is 0 Å². The third kappa shape index (κ3) is 4.01. The summed E-state index contributed by atoms with van der Waals surface area (Å²) in [5, 5.41) is 8.02. The lowest BCUT2D eigenvalue weighted by molar-refractivity contribution is -0.121. The topological polar surface area (TPSA) is 67.8 Å². The first-order chi connectivity index (χ1) is 13.2. The zero-order valence-electron chi connectivity index (χ0n) is 14.8. The molecule has 0 aliphatic heterocycles. The van der Waals surface area contributed by atoms with Crippen LogP contribution < -0.4 is 5.32 Å². The lowest BCUT2D eigenvalue weighted by Crippen LogP contribution is -2.28. The van der Waals surface area contributed by atoms with E-state index in [0.717, 1.165) is 16.3 Å². The van der Waals surface area contributed by atoms with Gasteiger partial charge in [0.15, 0.2) is 10.8 Å². The van der Waals surface area contributed by atoms with Gasteiger partial charge in [0.25, 0.3) is 0 Å². The normalized spacial score (nSPS) is 12.0. The Morgan fingerprint density at radius 2 is 1.85 bits per heavy atom. The number of carbonyl (C=O) groups is 1. The van der Waals surface area contributed by atoms with Crippen molar-refractivity contribution in [3.63, 3.8) is 0 Å². The number of nitrogens with one attached hydrogen (secondary N) is 1. The third-order valence-electron chi connectivity index (χ3n) is 4.30. The Kier molecular flexibility index (Phi) is 4.89. The minimum Gasteiger partial charge on any atom is -0.349 e. The van der Waals surface area contributed by atoms with E-state index in [4.69, 9.17) is 0 Å². The standard InChI is InChI=1S/C21H18N4OS/c1-14(16-8-7-15-5-2-3-6-17(15)11-16)24-19(26)12-18-13-27-21(25-18)20-22-9-4-10-23-20/h2-11,13-14H,12H2,1H3,(H,24,26). The van der Waals surface area contributed by atoms with E-state index >= 15 is 0 Å². The zero-order chi connectivity index (χ0) is 18.6. The number of nitrogens with zero attached hydrogens (tertiary/aromatic N) is 3. The maximum Gasteiger partial charge on any atom is 0.226 e. The Labute approximate surface area is 161 Å². The second-order valence-corrected chi connectivity index (χ2v) is 7.15. The Morgan fingerprint density at radius 1 is 1.07 bits per heavy atom. The van der Waals surface area contributed by atoms with E-state index < -0.39 is 0 Å². The van der Waals surface area contributed by atoms with Crippen LogP contribution in [-0.2, 0) is 11.2 Å². The fourth-order valence-electron chi connectivity index (χ4n) is 2.92. The lowest BCUT2D eigenvalue weighted by atomic mass is 10.0. The molecule has 134 valence electrons. The average Bonchev–Trinajstić information content (AvgIpc) is 3.16. The molecule has 0 spiro atoms. The van der Waals surface area contributed by atoms with Crippen molar-refractivity contribution in [2.45, 2.75) is 19.4 Å². The van der Waals surface area contributed by atoms with Crippen molar-refractivity contribution in [3.8, 4) is 10.8 Å². The predicted molar refractivity (Wildman–Crippen MR) is 107 cm³/mol. The molecule has 2 aromatic carbocycles. The Balaban J connectivity index is 1.42. The number of rotatable bonds is 5. The summed E-state index contributed by atoms with van der Waals surface area (Å²) in [7, 11) is 0. The quantitative estimate of drug-likeness (QED) is 0.569. The molecule has 2 aromatic heterocycles. The number of aromatic nitrogens is 3. The number of benzene rings is 2. The second kappa shape index (κ2) is 7.63. The van der Waals surface area contributed by atoms with Crippen molar-refractivity contribution in [1.82, 2.24) is 20.3 Å². The van der Waals surface area contributed by atoms with Crippen LogP contribution in [0.1, 0.15) is 24.2 Å². The van der Waals surface area contributed by atoms with Crippen LogP contribution >= 0.6 is 11.3 Å². The summed E-state index contributed by atoms with van der Waals surface area (Å²) in [6.45, 7) is 1.99. The molecule has 1 amide bonds. The SMILES string of the molecule is CC(NC(=O)Cc1csc(-c2ncccn2)n1)c1ccc2ccccc2c1. The highest BCUT2D eigenvalue weighted by molar-refractivity contribution is 7.13. The minimum absolute atomic E-state index is 0.0542. The Hall–Kier alpha value is -3.12. The molecule has 1 N–H and O–H groups in total. The van der Waals surface area contributed by atoms with E-state index in [1.165, 1.54) is 22.1 Å². The van der Waals surface area contributed by atoms with Crippen LogP contribution in [0.5, 0.6) is 0 Å². The van der Waals surface area contributed by atoms with Crippen LogP contribution in [0.15, 0.2) is 66.3 Å². The van der Waals surface area contributed by atoms with Gasteiger partial charge in [-0.3, -0.25) is 4.79 Å². The van der Waals surface area contributed by atoms with Gasteiger partial charge in [0.1, 0.15) is 0 Å².